The van der Waals surface area contributed by atoms with E-state index in [1.165, 1.54) is 0 Å². The second-order valence-corrected chi connectivity index (χ2v) is 7.35. The fraction of sp³-hybridized carbons (Fsp3) is 0.900. The third-order valence-electron chi connectivity index (χ3n) is 1.90. The molecule has 0 aliphatic heterocycles. The summed E-state index contributed by atoms with van der Waals surface area (Å²) in [6, 6.07) is -0.612. The third kappa shape index (κ3) is 7.98. The molecule has 0 unspecified atom stereocenters. The van der Waals surface area contributed by atoms with Crippen LogP contribution < -0.4 is 0 Å². The number of amides is 1. The zero-order chi connectivity index (χ0) is 13.9. The maximum atomic E-state index is 11.4. The lowest BCUT2D eigenvalue weighted by Gasteiger charge is -2.26. The quantitative estimate of drug-likeness (QED) is 0.615. The molecule has 0 aliphatic carbocycles. The second-order valence-electron chi connectivity index (χ2n) is 5.09. The van der Waals surface area contributed by atoms with Gasteiger partial charge in [0.1, 0.15) is 15.4 Å². The summed E-state index contributed by atoms with van der Waals surface area (Å²) in [5, 5.41) is 9.94. The van der Waals surface area contributed by atoms with Crippen LogP contribution in [0.1, 0.15) is 34.1 Å². The summed E-state index contributed by atoms with van der Waals surface area (Å²) < 4.78 is 26.8. The number of rotatable bonds is 4. The Balaban J connectivity index is 4.31. The minimum atomic E-state index is -3.10. The van der Waals surface area contributed by atoms with E-state index in [-0.39, 0.29) is 12.2 Å². The van der Waals surface area contributed by atoms with Gasteiger partial charge in [-0.2, -0.15) is 5.06 Å². The van der Waals surface area contributed by atoms with Crippen LogP contribution in [0, 0.1) is 0 Å². The summed E-state index contributed by atoms with van der Waals surface area (Å²) in [5.41, 5.74) is -0.700. The molecule has 1 N–H and O–H groups in total. The van der Waals surface area contributed by atoms with E-state index in [9.17, 15) is 18.4 Å². The van der Waals surface area contributed by atoms with Crippen molar-refractivity contribution in [3.05, 3.63) is 0 Å². The molecule has 7 heteroatoms. The maximum Gasteiger partial charge on any atom is 0.434 e. The predicted octanol–water partition coefficient (Wildman–Crippen LogP) is 1.44. The van der Waals surface area contributed by atoms with Gasteiger partial charge in [-0.1, -0.05) is 0 Å². The van der Waals surface area contributed by atoms with Gasteiger partial charge in [0.05, 0.1) is 11.8 Å². The number of hydrogen-bond donors (Lipinski definition) is 1. The number of carbonyl (C=O) groups is 1. The first-order valence-electron chi connectivity index (χ1n) is 5.31. The number of carbonyl (C=O) groups excluding carboxylic acids is 1. The summed E-state index contributed by atoms with van der Waals surface area (Å²) in [7, 11) is -3.10. The van der Waals surface area contributed by atoms with Gasteiger partial charge in [-0.05, 0) is 34.1 Å². The van der Waals surface area contributed by atoms with Crippen LogP contribution in [0.25, 0.3) is 0 Å². The molecule has 0 saturated heterocycles. The van der Waals surface area contributed by atoms with Crippen molar-refractivity contribution < 1.29 is 23.2 Å². The van der Waals surface area contributed by atoms with Crippen LogP contribution in [-0.2, 0) is 14.6 Å². The molecule has 0 bridgehead atoms. The first-order valence-corrected chi connectivity index (χ1v) is 7.37. The molecule has 1 atom stereocenters. The maximum absolute atomic E-state index is 11.4. The van der Waals surface area contributed by atoms with Gasteiger partial charge >= 0.3 is 6.09 Å². The highest BCUT2D eigenvalue weighted by Crippen LogP contribution is 2.12. The predicted molar refractivity (Wildman–Crippen MR) is 63.6 cm³/mol. The molecule has 0 heterocycles. The average molecular weight is 267 g/mol. The molecular weight excluding hydrogens is 246 g/mol. The van der Waals surface area contributed by atoms with Gasteiger partial charge in [-0.3, -0.25) is 5.21 Å². The molecule has 0 radical (unpaired) electrons. The van der Waals surface area contributed by atoms with Crippen molar-refractivity contribution >= 4 is 15.9 Å². The fourth-order valence-electron chi connectivity index (χ4n) is 0.996. The van der Waals surface area contributed by atoms with Crippen LogP contribution in [0.2, 0.25) is 0 Å². The highest BCUT2D eigenvalue weighted by molar-refractivity contribution is 7.90. The van der Waals surface area contributed by atoms with Crippen LogP contribution in [0.15, 0.2) is 0 Å². The number of nitrogens with zero attached hydrogens (tertiary/aromatic N) is 1. The van der Waals surface area contributed by atoms with Crippen LogP contribution in [0.4, 0.5) is 4.79 Å². The standard InChI is InChI=1S/C10H21NO5S/c1-8(6-7-17(5,14)15)11(13)9(12)16-10(2,3)4/h8,13H,6-7H2,1-5H3/t8-/m0/s1. The van der Waals surface area contributed by atoms with Gasteiger partial charge in [0.2, 0.25) is 0 Å². The molecule has 1 amide bonds. The Bertz CT molecular complexity index is 357. The Labute approximate surface area is 102 Å². The summed E-state index contributed by atoms with van der Waals surface area (Å²) in [5.74, 6) is -0.0893. The molecule has 17 heavy (non-hydrogen) atoms. The van der Waals surface area contributed by atoms with E-state index < -0.39 is 27.6 Å². The summed E-state index contributed by atoms with van der Waals surface area (Å²) in [6.45, 7) is 6.59. The zero-order valence-electron chi connectivity index (χ0n) is 10.9. The SMILES string of the molecule is C[C@@H](CCS(C)(=O)=O)N(O)C(=O)OC(C)(C)C. The molecule has 6 nitrogen and oxygen atoms in total. The minimum absolute atomic E-state index is 0.0893. The molecule has 0 aromatic carbocycles. The topological polar surface area (TPSA) is 83.9 Å². The molecule has 102 valence electrons. The molecule has 0 aromatic rings. The smallest absolute Gasteiger partial charge is 0.434 e. The lowest BCUT2D eigenvalue weighted by molar-refractivity contribution is -0.116. The van der Waals surface area contributed by atoms with Crippen LogP contribution in [-0.4, -0.2) is 48.4 Å². The van der Waals surface area contributed by atoms with E-state index in [0.29, 0.717) is 5.06 Å². The number of hydroxylamine groups is 2. The highest BCUT2D eigenvalue weighted by Gasteiger charge is 2.25. The van der Waals surface area contributed by atoms with Crippen molar-refractivity contribution in [1.29, 1.82) is 0 Å². The largest absolute Gasteiger partial charge is 0.442 e. The normalized spacial score (nSPS) is 14.2. The number of hydrogen-bond acceptors (Lipinski definition) is 5. The van der Waals surface area contributed by atoms with Crippen LogP contribution in [0.3, 0.4) is 0 Å². The Hall–Kier alpha value is -0.820. The Morgan fingerprint density at radius 2 is 1.88 bits per heavy atom. The molecule has 0 aromatic heterocycles. The lowest BCUT2D eigenvalue weighted by Crippen LogP contribution is -2.40. The third-order valence-corrected chi connectivity index (χ3v) is 2.88. The monoisotopic (exact) mass is 267 g/mol. The van der Waals surface area contributed by atoms with Crippen LogP contribution in [0.5, 0.6) is 0 Å². The van der Waals surface area contributed by atoms with Crippen molar-refractivity contribution in [1.82, 2.24) is 5.06 Å². The van der Waals surface area contributed by atoms with Gasteiger partial charge < -0.3 is 4.74 Å². The van der Waals surface area contributed by atoms with Gasteiger partial charge in [-0.25, -0.2) is 13.2 Å². The fourth-order valence-corrected chi connectivity index (χ4v) is 1.76. The van der Waals surface area contributed by atoms with E-state index >= 15 is 0 Å². The Kier molecular flexibility index (Phi) is 5.41. The number of sulfone groups is 1. The van der Waals surface area contributed by atoms with Gasteiger partial charge in [0.25, 0.3) is 0 Å². The summed E-state index contributed by atoms with van der Waals surface area (Å²) >= 11 is 0. The minimum Gasteiger partial charge on any atom is -0.442 e. The second kappa shape index (κ2) is 5.68. The molecule has 0 saturated carbocycles. The van der Waals surface area contributed by atoms with E-state index in [4.69, 9.17) is 4.74 Å². The summed E-state index contributed by atoms with van der Waals surface area (Å²) in [6.07, 6.45) is 0.391. The molecule has 0 spiro atoms. The Morgan fingerprint density at radius 3 is 2.24 bits per heavy atom. The van der Waals surface area contributed by atoms with Gasteiger partial charge in [0, 0.05) is 6.26 Å². The molecular formula is C10H21NO5S. The van der Waals surface area contributed by atoms with Crippen molar-refractivity contribution in [2.45, 2.75) is 45.8 Å². The first-order chi connectivity index (χ1) is 7.42. The van der Waals surface area contributed by atoms with Crippen LogP contribution >= 0.6 is 0 Å². The van der Waals surface area contributed by atoms with Crippen molar-refractivity contribution in [3.8, 4) is 0 Å². The average Bonchev–Trinajstić information content (AvgIpc) is 2.08. The van der Waals surface area contributed by atoms with Gasteiger partial charge in [-0.15, -0.1) is 0 Å². The Morgan fingerprint density at radius 1 is 1.41 bits per heavy atom. The van der Waals surface area contributed by atoms with E-state index in [1.54, 1.807) is 27.7 Å². The molecule has 0 rings (SSSR count). The zero-order valence-corrected chi connectivity index (χ0v) is 11.7. The van der Waals surface area contributed by atoms with E-state index in [0.717, 1.165) is 6.26 Å². The van der Waals surface area contributed by atoms with Crippen molar-refractivity contribution in [2.24, 2.45) is 0 Å². The molecule has 0 fully saturated rings. The lowest BCUT2D eigenvalue weighted by atomic mass is 10.2. The highest BCUT2D eigenvalue weighted by atomic mass is 32.2. The molecule has 0 aliphatic rings. The van der Waals surface area contributed by atoms with E-state index in [1.807, 2.05) is 0 Å². The number of ether oxygens (including phenoxy) is 1. The van der Waals surface area contributed by atoms with Crippen molar-refractivity contribution in [3.63, 3.8) is 0 Å². The summed E-state index contributed by atoms with van der Waals surface area (Å²) in [4.78, 5) is 11.4. The van der Waals surface area contributed by atoms with Crippen molar-refractivity contribution in [2.75, 3.05) is 12.0 Å². The van der Waals surface area contributed by atoms with E-state index in [2.05, 4.69) is 0 Å². The van der Waals surface area contributed by atoms with Gasteiger partial charge in [0.15, 0.2) is 0 Å². The first kappa shape index (κ1) is 16.2.